The van der Waals surface area contributed by atoms with E-state index in [1.54, 1.807) is 6.92 Å². The number of anilines is 1. The molecule has 1 N–H and O–H groups in total. The fourth-order valence-corrected chi connectivity index (χ4v) is 2.32. The maximum atomic E-state index is 12.5. The lowest BCUT2D eigenvalue weighted by Gasteiger charge is -2.09. The molecule has 0 atom stereocenters. The van der Waals surface area contributed by atoms with Crippen LogP contribution in [-0.2, 0) is 11.8 Å². The van der Waals surface area contributed by atoms with E-state index in [1.165, 1.54) is 24.9 Å². The number of esters is 1. The van der Waals surface area contributed by atoms with Crippen LogP contribution in [0.25, 0.3) is 0 Å². The van der Waals surface area contributed by atoms with Gasteiger partial charge < -0.3 is 10.1 Å². The van der Waals surface area contributed by atoms with Crippen LogP contribution in [0.1, 0.15) is 33.2 Å². The molecule has 0 saturated carbocycles. The van der Waals surface area contributed by atoms with Crippen molar-refractivity contribution in [3.8, 4) is 0 Å². The Labute approximate surface area is 152 Å². The van der Waals surface area contributed by atoms with Crippen LogP contribution in [0.2, 0.25) is 0 Å². The van der Waals surface area contributed by atoms with Gasteiger partial charge in [-0.25, -0.2) is 4.79 Å². The van der Waals surface area contributed by atoms with Crippen LogP contribution < -0.4 is 5.32 Å². The number of hydrogen-bond donors (Lipinski definition) is 1. The van der Waals surface area contributed by atoms with Crippen molar-refractivity contribution in [3.05, 3.63) is 55.2 Å². The molecule has 0 radical (unpaired) electrons. The van der Waals surface area contributed by atoms with Gasteiger partial charge in [0, 0.05) is 19.2 Å². The first-order valence-electron chi connectivity index (χ1n) is 7.61. The molecular formula is C15H15N5O7. The molecule has 0 spiro atoms. The van der Waals surface area contributed by atoms with E-state index in [4.69, 9.17) is 4.74 Å². The average molecular weight is 377 g/mol. The maximum Gasteiger partial charge on any atom is 0.343 e. The number of nitro groups is 2. The zero-order valence-electron chi connectivity index (χ0n) is 14.6. The highest BCUT2D eigenvalue weighted by molar-refractivity contribution is 6.08. The van der Waals surface area contributed by atoms with E-state index in [0.717, 1.165) is 12.1 Å². The molecule has 1 heterocycles. The lowest BCUT2D eigenvalue weighted by atomic mass is 10.1. The van der Waals surface area contributed by atoms with Gasteiger partial charge in [0.25, 0.3) is 17.3 Å². The normalized spacial score (nSPS) is 10.3. The van der Waals surface area contributed by atoms with E-state index in [2.05, 4.69) is 10.4 Å². The first kappa shape index (κ1) is 19.5. The molecule has 0 bridgehead atoms. The average Bonchev–Trinajstić information content (AvgIpc) is 2.95. The predicted octanol–water partition coefficient (Wildman–Crippen LogP) is 1.97. The molecule has 1 aromatic carbocycles. The van der Waals surface area contributed by atoms with E-state index in [-0.39, 0.29) is 29.1 Å². The lowest BCUT2D eigenvalue weighted by Crippen LogP contribution is -2.18. The number of hydrogen-bond acceptors (Lipinski definition) is 8. The molecule has 0 aliphatic carbocycles. The predicted molar refractivity (Wildman–Crippen MR) is 91.6 cm³/mol. The van der Waals surface area contributed by atoms with Gasteiger partial charge in [0.2, 0.25) is 0 Å². The zero-order valence-corrected chi connectivity index (χ0v) is 14.6. The molecular weight excluding hydrogens is 362 g/mol. The molecule has 0 aliphatic heterocycles. The zero-order chi connectivity index (χ0) is 20.3. The summed E-state index contributed by atoms with van der Waals surface area (Å²) in [6.07, 6.45) is 1.19. The van der Waals surface area contributed by atoms with E-state index >= 15 is 0 Å². The van der Waals surface area contributed by atoms with Gasteiger partial charge in [0.1, 0.15) is 16.9 Å². The molecule has 0 unspecified atom stereocenters. The van der Waals surface area contributed by atoms with Crippen LogP contribution in [0, 0.1) is 27.2 Å². The number of nitrogens with one attached hydrogen (secondary N) is 1. The Morgan fingerprint density at radius 3 is 2.26 bits per heavy atom. The largest absolute Gasteiger partial charge is 0.462 e. The Morgan fingerprint density at radius 2 is 1.78 bits per heavy atom. The van der Waals surface area contributed by atoms with Gasteiger partial charge in [-0.1, -0.05) is 0 Å². The summed E-state index contributed by atoms with van der Waals surface area (Å²) in [4.78, 5) is 45.1. The monoisotopic (exact) mass is 377 g/mol. The fraction of sp³-hybridized carbons (Fsp3) is 0.267. The van der Waals surface area contributed by atoms with E-state index in [9.17, 15) is 29.8 Å². The quantitative estimate of drug-likeness (QED) is 0.454. The van der Waals surface area contributed by atoms with Crippen LogP contribution >= 0.6 is 0 Å². The van der Waals surface area contributed by atoms with Crippen LogP contribution in [0.5, 0.6) is 0 Å². The standard InChI is InChI=1S/C15H15N5O7/c1-4-27-15(22)10-7-16-18(3)13(10)17-14(21)9-5-11(19(23)24)8(2)12(6-9)20(25)26/h5-7H,4H2,1-3H3,(H,17,21). The number of benzene rings is 1. The molecule has 0 aliphatic rings. The van der Waals surface area contributed by atoms with E-state index in [1.807, 2.05) is 0 Å². The first-order valence-corrected chi connectivity index (χ1v) is 7.61. The minimum absolute atomic E-state index is 0.00988. The number of ether oxygens (including phenoxy) is 1. The van der Waals surface area contributed by atoms with Gasteiger partial charge in [0.05, 0.1) is 28.2 Å². The van der Waals surface area contributed by atoms with Gasteiger partial charge >= 0.3 is 5.97 Å². The number of carbonyl (C=O) groups is 2. The van der Waals surface area contributed by atoms with Crippen LogP contribution in [0.3, 0.4) is 0 Å². The summed E-state index contributed by atoms with van der Waals surface area (Å²) in [6, 6.07) is 1.86. The Balaban J connectivity index is 2.46. The fourth-order valence-electron chi connectivity index (χ4n) is 2.32. The number of amides is 1. The molecule has 1 aromatic heterocycles. The summed E-state index contributed by atoms with van der Waals surface area (Å²) in [5.74, 6) is -1.61. The molecule has 0 fully saturated rings. The summed E-state index contributed by atoms with van der Waals surface area (Å²) in [5.41, 5.74) is -1.64. The van der Waals surface area contributed by atoms with Gasteiger partial charge in [-0.2, -0.15) is 5.10 Å². The summed E-state index contributed by atoms with van der Waals surface area (Å²) < 4.78 is 6.06. The van der Waals surface area contributed by atoms with Crippen LogP contribution in [-0.4, -0.2) is 38.1 Å². The minimum atomic E-state index is -0.879. The SMILES string of the molecule is CCOC(=O)c1cnn(C)c1NC(=O)c1cc([N+](=O)[O-])c(C)c([N+](=O)[O-])c1. The summed E-state index contributed by atoms with van der Waals surface area (Å²) in [6.45, 7) is 2.94. The molecule has 0 saturated heterocycles. The number of rotatable bonds is 6. The minimum Gasteiger partial charge on any atom is -0.462 e. The third kappa shape index (κ3) is 3.89. The van der Waals surface area contributed by atoms with Crippen molar-refractivity contribution in [1.82, 2.24) is 9.78 Å². The number of nitrogens with zero attached hydrogens (tertiary/aromatic N) is 4. The molecule has 12 heteroatoms. The van der Waals surface area contributed by atoms with Crippen molar-refractivity contribution in [2.24, 2.45) is 7.05 Å². The van der Waals surface area contributed by atoms with Crippen molar-refractivity contribution < 1.29 is 24.2 Å². The van der Waals surface area contributed by atoms with Crippen molar-refractivity contribution in [1.29, 1.82) is 0 Å². The highest BCUT2D eigenvalue weighted by atomic mass is 16.6. The van der Waals surface area contributed by atoms with Crippen LogP contribution in [0.15, 0.2) is 18.3 Å². The van der Waals surface area contributed by atoms with Gasteiger partial charge in [-0.15, -0.1) is 0 Å². The van der Waals surface area contributed by atoms with Gasteiger partial charge in [0.15, 0.2) is 0 Å². The second kappa shape index (κ2) is 7.59. The number of carbonyl (C=O) groups excluding carboxylic acids is 2. The van der Waals surface area contributed by atoms with Crippen molar-refractivity contribution in [2.75, 3.05) is 11.9 Å². The second-order valence-corrected chi connectivity index (χ2v) is 5.36. The highest BCUT2D eigenvalue weighted by Gasteiger charge is 2.27. The maximum absolute atomic E-state index is 12.5. The van der Waals surface area contributed by atoms with Crippen LogP contribution in [0.4, 0.5) is 17.2 Å². The highest BCUT2D eigenvalue weighted by Crippen LogP contribution is 2.30. The molecule has 142 valence electrons. The Hall–Kier alpha value is -3.83. The van der Waals surface area contributed by atoms with E-state index in [0.29, 0.717) is 0 Å². The van der Waals surface area contributed by atoms with Gasteiger partial charge in [-0.3, -0.25) is 29.7 Å². The summed E-state index contributed by atoms with van der Waals surface area (Å²) in [7, 11) is 1.46. The second-order valence-electron chi connectivity index (χ2n) is 5.36. The molecule has 12 nitrogen and oxygen atoms in total. The Kier molecular flexibility index (Phi) is 5.48. The van der Waals surface area contributed by atoms with Gasteiger partial charge in [-0.05, 0) is 13.8 Å². The first-order chi connectivity index (χ1) is 12.7. The van der Waals surface area contributed by atoms with E-state index < -0.39 is 33.1 Å². The number of nitro benzene ring substituents is 2. The Morgan fingerprint density at radius 1 is 1.22 bits per heavy atom. The third-order valence-electron chi connectivity index (χ3n) is 3.67. The molecule has 27 heavy (non-hydrogen) atoms. The summed E-state index contributed by atoms with van der Waals surface area (Å²) in [5, 5.41) is 28.5. The van der Waals surface area contributed by atoms with Crippen molar-refractivity contribution in [2.45, 2.75) is 13.8 Å². The summed E-state index contributed by atoms with van der Waals surface area (Å²) >= 11 is 0. The third-order valence-corrected chi connectivity index (χ3v) is 3.67. The Bertz CT molecular complexity index is 915. The molecule has 1 amide bonds. The molecule has 2 rings (SSSR count). The topological polar surface area (TPSA) is 160 Å². The molecule has 2 aromatic rings. The number of aryl methyl sites for hydroxylation is 1. The number of aromatic nitrogens is 2. The van der Waals surface area contributed by atoms with Crippen molar-refractivity contribution >= 4 is 29.1 Å². The lowest BCUT2D eigenvalue weighted by molar-refractivity contribution is -0.395. The van der Waals surface area contributed by atoms with Crippen molar-refractivity contribution in [3.63, 3.8) is 0 Å². The smallest absolute Gasteiger partial charge is 0.343 e.